The van der Waals surface area contributed by atoms with Crippen LogP contribution in [-0.4, -0.2) is 24.4 Å². The SMILES string of the molecule is CCC(CN)C(=O)Nc1ccccc1C(=O)NC1CC1. The summed E-state index contributed by atoms with van der Waals surface area (Å²) in [7, 11) is 0. The number of amides is 2. The number of hydrogen-bond donors (Lipinski definition) is 3. The Kier molecular flexibility index (Phi) is 4.74. The minimum atomic E-state index is -0.227. The first-order valence-electron chi connectivity index (χ1n) is 7.06. The quantitative estimate of drug-likeness (QED) is 0.735. The van der Waals surface area contributed by atoms with Gasteiger partial charge in [0.1, 0.15) is 0 Å². The van der Waals surface area contributed by atoms with Crippen LogP contribution in [0, 0.1) is 5.92 Å². The first-order valence-corrected chi connectivity index (χ1v) is 7.06. The molecule has 1 aliphatic rings. The van der Waals surface area contributed by atoms with Gasteiger partial charge < -0.3 is 16.4 Å². The summed E-state index contributed by atoms with van der Waals surface area (Å²) in [6, 6.07) is 7.34. The molecule has 2 rings (SSSR count). The third-order valence-corrected chi connectivity index (χ3v) is 3.49. The van der Waals surface area contributed by atoms with Crippen LogP contribution in [-0.2, 0) is 4.79 Å². The molecule has 0 radical (unpaired) electrons. The van der Waals surface area contributed by atoms with Crippen molar-refractivity contribution in [2.75, 3.05) is 11.9 Å². The molecule has 0 aromatic heterocycles. The summed E-state index contributed by atoms with van der Waals surface area (Å²) >= 11 is 0. The first kappa shape index (κ1) is 14.5. The van der Waals surface area contributed by atoms with Crippen LogP contribution in [0.3, 0.4) is 0 Å². The maximum Gasteiger partial charge on any atom is 0.253 e. The molecule has 0 bridgehead atoms. The van der Waals surface area contributed by atoms with Crippen LogP contribution in [0.4, 0.5) is 5.69 Å². The summed E-state index contributed by atoms with van der Waals surface area (Å²) in [4.78, 5) is 24.2. The monoisotopic (exact) mass is 275 g/mol. The second kappa shape index (κ2) is 6.52. The summed E-state index contributed by atoms with van der Waals surface area (Å²) in [5.74, 6) is -0.500. The zero-order chi connectivity index (χ0) is 14.5. The molecule has 1 saturated carbocycles. The molecule has 0 spiro atoms. The van der Waals surface area contributed by atoms with Crippen LogP contribution >= 0.6 is 0 Å². The summed E-state index contributed by atoms with van der Waals surface area (Å²) in [6.45, 7) is 2.22. The van der Waals surface area contributed by atoms with E-state index in [2.05, 4.69) is 10.6 Å². The second-order valence-electron chi connectivity index (χ2n) is 5.12. The van der Waals surface area contributed by atoms with E-state index in [0.29, 0.717) is 30.3 Å². The standard InChI is InChI=1S/C15H21N3O2/c1-2-10(9-16)14(19)18-13-6-4-3-5-12(13)15(20)17-11-7-8-11/h3-6,10-11H,2,7-9,16H2,1H3,(H,17,20)(H,18,19). The zero-order valence-corrected chi connectivity index (χ0v) is 11.7. The molecule has 5 nitrogen and oxygen atoms in total. The van der Waals surface area contributed by atoms with Crippen molar-refractivity contribution in [3.8, 4) is 0 Å². The van der Waals surface area contributed by atoms with Crippen LogP contribution in [0.15, 0.2) is 24.3 Å². The average Bonchev–Trinajstić information content (AvgIpc) is 3.24. The van der Waals surface area contributed by atoms with Gasteiger partial charge in [-0.1, -0.05) is 19.1 Å². The van der Waals surface area contributed by atoms with Gasteiger partial charge in [0.2, 0.25) is 5.91 Å². The van der Waals surface area contributed by atoms with Crippen molar-refractivity contribution in [3.05, 3.63) is 29.8 Å². The van der Waals surface area contributed by atoms with Crippen molar-refractivity contribution in [3.63, 3.8) is 0 Å². The van der Waals surface area contributed by atoms with Gasteiger partial charge in [0.05, 0.1) is 17.2 Å². The molecule has 1 atom stereocenters. The Labute approximate surface area is 118 Å². The predicted octanol–water partition coefficient (Wildman–Crippen LogP) is 1.50. The van der Waals surface area contributed by atoms with E-state index in [4.69, 9.17) is 5.73 Å². The number of carbonyl (C=O) groups is 2. The van der Waals surface area contributed by atoms with Crippen LogP contribution in [0.25, 0.3) is 0 Å². The van der Waals surface area contributed by atoms with Gasteiger partial charge in [0.25, 0.3) is 5.91 Å². The average molecular weight is 275 g/mol. The van der Waals surface area contributed by atoms with Gasteiger partial charge in [-0.05, 0) is 31.4 Å². The lowest BCUT2D eigenvalue weighted by Gasteiger charge is -2.15. The van der Waals surface area contributed by atoms with Crippen molar-refractivity contribution in [2.24, 2.45) is 11.7 Å². The fourth-order valence-corrected chi connectivity index (χ4v) is 1.97. The first-order chi connectivity index (χ1) is 9.65. The van der Waals surface area contributed by atoms with E-state index in [1.807, 2.05) is 6.92 Å². The molecule has 2 amide bonds. The topological polar surface area (TPSA) is 84.2 Å². The molecule has 20 heavy (non-hydrogen) atoms. The Morgan fingerprint density at radius 2 is 2.05 bits per heavy atom. The Hall–Kier alpha value is -1.88. The molecular weight excluding hydrogens is 254 g/mol. The predicted molar refractivity (Wildman–Crippen MR) is 78.4 cm³/mol. The second-order valence-corrected chi connectivity index (χ2v) is 5.12. The number of nitrogens with two attached hydrogens (primary N) is 1. The van der Waals surface area contributed by atoms with Crippen LogP contribution < -0.4 is 16.4 Å². The van der Waals surface area contributed by atoms with Crippen molar-refractivity contribution in [2.45, 2.75) is 32.2 Å². The number of anilines is 1. The normalized spacial score (nSPS) is 15.5. The number of hydrogen-bond acceptors (Lipinski definition) is 3. The van der Waals surface area contributed by atoms with Gasteiger partial charge >= 0.3 is 0 Å². The number of benzene rings is 1. The Balaban J connectivity index is 2.10. The van der Waals surface area contributed by atoms with E-state index < -0.39 is 0 Å². The van der Waals surface area contributed by atoms with E-state index in [-0.39, 0.29) is 17.7 Å². The van der Waals surface area contributed by atoms with E-state index >= 15 is 0 Å². The minimum Gasteiger partial charge on any atom is -0.349 e. The largest absolute Gasteiger partial charge is 0.349 e. The molecule has 4 N–H and O–H groups in total. The van der Waals surface area contributed by atoms with Crippen LogP contribution in [0.5, 0.6) is 0 Å². The van der Waals surface area contributed by atoms with Gasteiger partial charge in [-0.2, -0.15) is 0 Å². The third-order valence-electron chi connectivity index (χ3n) is 3.49. The molecule has 1 fully saturated rings. The summed E-state index contributed by atoms with van der Waals surface area (Å²) in [5.41, 5.74) is 6.61. The number of carbonyl (C=O) groups excluding carboxylic acids is 2. The molecule has 108 valence electrons. The highest BCUT2D eigenvalue weighted by molar-refractivity contribution is 6.04. The van der Waals surface area contributed by atoms with Gasteiger partial charge in [-0.3, -0.25) is 9.59 Å². The van der Waals surface area contributed by atoms with Crippen molar-refractivity contribution < 1.29 is 9.59 Å². The lowest BCUT2D eigenvalue weighted by molar-refractivity contribution is -0.119. The summed E-state index contributed by atoms with van der Waals surface area (Å²) < 4.78 is 0. The van der Waals surface area contributed by atoms with Crippen molar-refractivity contribution >= 4 is 17.5 Å². The highest BCUT2D eigenvalue weighted by atomic mass is 16.2. The minimum absolute atomic E-state index is 0.135. The molecule has 1 unspecified atom stereocenters. The van der Waals surface area contributed by atoms with Gasteiger partial charge in [0, 0.05) is 12.6 Å². The maximum atomic E-state index is 12.1. The van der Waals surface area contributed by atoms with Crippen molar-refractivity contribution in [1.82, 2.24) is 5.32 Å². The van der Waals surface area contributed by atoms with E-state index in [9.17, 15) is 9.59 Å². The number of nitrogens with one attached hydrogen (secondary N) is 2. The summed E-state index contributed by atoms with van der Waals surface area (Å²) in [5, 5.41) is 5.73. The summed E-state index contributed by atoms with van der Waals surface area (Å²) in [6.07, 6.45) is 2.75. The Morgan fingerprint density at radius 1 is 1.35 bits per heavy atom. The van der Waals surface area contributed by atoms with Crippen LogP contribution in [0.1, 0.15) is 36.5 Å². The maximum absolute atomic E-state index is 12.1. The molecule has 1 aromatic carbocycles. The van der Waals surface area contributed by atoms with Gasteiger partial charge in [-0.15, -0.1) is 0 Å². The number of rotatable bonds is 6. The Morgan fingerprint density at radius 3 is 2.65 bits per heavy atom. The third kappa shape index (κ3) is 3.57. The molecule has 5 heteroatoms. The lowest BCUT2D eigenvalue weighted by Crippen LogP contribution is -2.31. The molecule has 0 saturated heterocycles. The fraction of sp³-hybridized carbons (Fsp3) is 0.467. The molecular formula is C15H21N3O2. The highest BCUT2D eigenvalue weighted by Crippen LogP contribution is 2.22. The lowest BCUT2D eigenvalue weighted by atomic mass is 10.1. The fourth-order valence-electron chi connectivity index (χ4n) is 1.97. The molecule has 1 aliphatic carbocycles. The molecule has 1 aromatic rings. The van der Waals surface area contributed by atoms with E-state index in [1.54, 1.807) is 24.3 Å². The van der Waals surface area contributed by atoms with Crippen molar-refractivity contribution in [1.29, 1.82) is 0 Å². The highest BCUT2D eigenvalue weighted by Gasteiger charge is 2.25. The molecule has 0 aliphatic heterocycles. The zero-order valence-electron chi connectivity index (χ0n) is 11.7. The van der Waals surface area contributed by atoms with E-state index in [1.165, 1.54) is 0 Å². The van der Waals surface area contributed by atoms with Gasteiger partial charge in [0.15, 0.2) is 0 Å². The van der Waals surface area contributed by atoms with Crippen LogP contribution in [0.2, 0.25) is 0 Å². The Bertz CT molecular complexity index is 494. The van der Waals surface area contributed by atoms with Gasteiger partial charge in [-0.25, -0.2) is 0 Å². The smallest absolute Gasteiger partial charge is 0.253 e. The van der Waals surface area contributed by atoms with E-state index in [0.717, 1.165) is 12.8 Å². The number of para-hydroxylation sites is 1. The molecule has 0 heterocycles.